The fourth-order valence-corrected chi connectivity index (χ4v) is 1.86. The van der Waals surface area contributed by atoms with Crippen molar-refractivity contribution in [3.05, 3.63) is 24.3 Å². The second kappa shape index (κ2) is 7.36. The van der Waals surface area contributed by atoms with E-state index in [-0.39, 0.29) is 6.42 Å². The number of amides is 1. The number of rotatable bonds is 7. The summed E-state index contributed by atoms with van der Waals surface area (Å²) in [5, 5.41) is 11.5. The quantitative estimate of drug-likeness (QED) is 0.613. The third-order valence-electron chi connectivity index (χ3n) is 3.10. The van der Waals surface area contributed by atoms with Gasteiger partial charge in [-0.2, -0.15) is 5.26 Å². The highest BCUT2D eigenvalue weighted by Crippen LogP contribution is 2.25. The van der Waals surface area contributed by atoms with Gasteiger partial charge in [0.05, 0.1) is 18.9 Å². The summed E-state index contributed by atoms with van der Waals surface area (Å²) >= 11 is 0. The molecular formula is C16H18N2O4. The molecule has 22 heavy (non-hydrogen) atoms. The van der Waals surface area contributed by atoms with Gasteiger partial charge in [-0.25, -0.2) is 0 Å². The number of hydrogen-bond acceptors (Lipinski definition) is 5. The van der Waals surface area contributed by atoms with Gasteiger partial charge in [-0.05, 0) is 18.6 Å². The monoisotopic (exact) mass is 302 g/mol. The van der Waals surface area contributed by atoms with Crippen molar-refractivity contribution < 1.29 is 19.1 Å². The Morgan fingerprint density at radius 1 is 1.41 bits per heavy atom. The number of Topliss-reactive ketones (excluding diaryl/α,β-unsaturated/α-hetero) is 1. The molecule has 1 N–H and O–H groups in total. The molecule has 1 rings (SSSR count). The normalized spacial score (nSPS) is 11.9. The van der Waals surface area contributed by atoms with Gasteiger partial charge in [-0.15, -0.1) is 0 Å². The average molecular weight is 302 g/mol. The first-order valence-corrected chi connectivity index (χ1v) is 6.69. The molecule has 1 atom stereocenters. The third kappa shape index (κ3) is 4.42. The van der Waals surface area contributed by atoms with Crippen molar-refractivity contribution >= 4 is 23.7 Å². The average Bonchev–Trinajstić information content (AvgIpc) is 2.52. The molecule has 0 aliphatic carbocycles. The molecule has 6 nitrogen and oxygen atoms in total. The predicted octanol–water partition coefficient (Wildman–Crippen LogP) is 1.96. The van der Waals surface area contributed by atoms with Crippen molar-refractivity contribution in [1.29, 1.82) is 5.26 Å². The van der Waals surface area contributed by atoms with E-state index in [1.165, 1.54) is 7.11 Å². The van der Waals surface area contributed by atoms with Crippen LogP contribution in [0.5, 0.6) is 5.75 Å². The molecule has 6 heteroatoms. The lowest BCUT2D eigenvalue weighted by atomic mass is 9.83. The molecule has 1 unspecified atom stereocenters. The van der Waals surface area contributed by atoms with Crippen molar-refractivity contribution in [3.8, 4) is 11.8 Å². The fourth-order valence-electron chi connectivity index (χ4n) is 1.86. The Kier molecular flexibility index (Phi) is 5.81. The summed E-state index contributed by atoms with van der Waals surface area (Å²) in [6.45, 7) is 3.21. The number of anilines is 1. The Bertz CT molecular complexity index is 617. The molecule has 0 saturated carbocycles. The second-order valence-corrected chi connectivity index (χ2v) is 5.51. The predicted molar refractivity (Wildman–Crippen MR) is 80.2 cm³/mol. The van der Waals surface area contributed by atoms with Gasteiger partial charge >= 0.3 is 0 Å². The van der Waals surface area contributed by atoms with Gasteiger partial charge in [0.2, 0.25) is 5.78 Å². The molecule has 1 aromatic rings. The minimum Gasteiger partial charge on any atom is -0.495 e. The molecule has 0 heterocycles. The summed E-state index contributed by atoms with van der Waals surface area (Å²) in [6.07, 6.45) is 0.661. The summed E-state index contributed by atoms with van der Waals surface area (Å²) in [5.41, 5.74) is -0.504. The SMILES string of the molecule is COc1ccccc1NC(=O)C(=O)C(C#N)CC(C)(C)C=O. The molecule has 116 valence electrons. The van der Waals surface area contributed by atoms with Gasteiger partial charge < -0.3 is 14.8 Å². The minimum atomic E-state index is -1.17. The first-order chi connectivity index (χ1) is 10.3. The zero-order valence-corrected chi connectivity index (χ0v) is 12.8. The highest BCUT2D eigenvalue weighted by molar-refractivity contribution is 6.42. The van der Waals surface area contributed by atoms with E-state index in [2.05, 4.69) is 5.32 Å². The summed E-state index contributed by atoms with van der Waals surface area (Å²) in [7, 11) is 1.44. The van der Waals surface area contributed by atoms with Gasteiger partial charge in [0.15, 0.2) is 0 Å². The lowest BCUT2D eigenvalue weighted by Gasteiger charge is -2.19. The molecule has 0 aliphatic rings. The molecule has 0 fully saturated rings. The van der Waals surface area contributed by atoms with Crippen molar-refractivity contribution in [2.45, 2.75) is 20.3 Å². The van der Waals surface area contributed by atoms with Crippen molar-refractivity contribution in [2.75, 3.05) is 12.4 Å². The number of carbonyl (C=O) groups excluding carboxylic acids is 3. The number of ether oxygens (including phenoxy) is 1. The number of nitrogens with one attached hydrogen (secondary N) is 1. The molecule has 0 bridgehead atoms. The maximum atomic E-state index is 12.1. The van der Waals surface area contributed by atoms with Crippen LogP contribution in [0.25, 0.3) is 0 Å². The Hall–Kier alpha value is -2.68. The van der Waals surface area contributed by atoms with E-state index >= 15 is 0 Å². The van der Waals surface area contributed by atoms with E-state index < -0.39 is 23.0 Å². The molecule has 0 radical (unpaired) electrons. The number of ketones is 1. The van der Waals surface area contributed by atoms with Gasteiger partial charge in [0.1, 0.15) is 18.0 Å². The van der Waals surface area contributed by atoms with Crippen molar-refractivity contribution in [3.63, 3.8) is 0 Å². The van der Waals surface area contributed by atoms with Crippen LogP contribution in [-0.2, 0) is 14.4 Å². The molecule has 0 aliphatic heterocycles. The van der Waals surface area contributed by atoms with Gasteiger partial charge in [-0.1, -0.05) is 26.0 Å². The van der Waals surface area contributed by atoms with E-state index in [1.54, 1.807) is 44.2 Å². The Morgan fingerprint density at radius 2 is 2.05 bits per heavy atom. The largest absolute Gasteiger partial charge is 0.495 e. The van der Waals surface area contributed by atoms with Crippen LogP contribution < -0.4 is 10.1 Å². The second-order valence-electron chi connectivity index (χ2n) is 5.51. The molecule has 0 saturated heterocycles. The van der Waals surface area contributed by atoms with Crippen LogP contribution in [0.4, 0.5) is 5.69 Å². The van der Waals surface area contributed by atoms with E-state index in [0.717, 1.165) is 0 Å². The number of para-hydroxylation sites is 2. The lowest BCUT2D eigenvalue weighted by Crippen LogP contribution is -2.32. The minimum absolute atomic E-state index is 0.00875. The van der Waals surface area contributed by atoms with E-state index in [9.17, 15) is 14.4 Å². The Morgan fingerprint density at radius 3 is 2.59 bits per heavy atom. The highest BCUT2D eigenvalue weighted by Gasteiger charge is 2.31. The summed E-state index contributed by atoms with van der Waals surface area (Å²) in [6, 6.07) is 8.41. The van der Waals surface area contributed by atoms with E-state index in [4.69, 9.17) is 10.00 Å². The Balaban J connectivity index is 2.86. The van der Waals surface area contributed by atoms with Crippen LogP contribution in [0.2, 0.25) is 0 Å². The molecule has 1 aromatic carbocycles. The van der Waals surface area contributed by atoms with Crippen molar-refractivity contribution in [2.24, 2.45) is 11.3 Å². The van der Waals surface area contributed by atoms with Crippen LogP contribution in [0.3, 0.4) is 0 Å². The Labute approximate surface area is 129 Å². The van der Waals surface area contributed by atoms with E-state index in [1.807, 2.05) is 0 Å². The van der Waals surface area contributed by atoms with Crippen molar-refractivity contribution in [1.82, 2.24) is 0 Å². The van der Waals surface area contributed by atoms with Crippen LogP contribution in [0.15, 0.2) is 24.3 Å². The summed E-state index contributed by atoms with van der Waals surface area (Å²) < 4.78 is 5.07. The molecule has 0 aromatic heterocycles. The first-order valence-electron chi connectivity index (χ1n) is 6.69. The van der Waals surface area contributed by atoms with Gasteiger partial charge in [0.25, 0.3) is 5.91 Å². The molecule has 1 amide bonds. The number of nitriles is 1. The van der Waals surface area contributed by atoms with Gasteiger partial charge in [0, 0.05) is 5.41 Å². The number of hydrogen-bond donors (Lipinski definition) is 1. The highest BCUT2D eigenvalue weighted by atomic mass is 16.5. The zero-order chi connectivity index (χ0) is 16.8. The summed E-state index contributed by atoms with van der Waals surface area (Å²) in [5.74, 6) is -2.54. The van der Waals surface area contributed by atoms with Crippen LogP contribution in [-0.4, -0.2) is 25.1 Å². The maximum absolute atomic E-state index is 12.1. The number of carbonyl (C=O) groups is 3. The van der Waals surface area contributed by atoms with E-state index in [0.29, 0.717) is 17.7 Å². The fraction of sp³-hybridized carbons (Fsp3) is 0.375. The number of benzene rings is 1. The smallest absolute Gasteiger partial charge is 0.293 e. The third-order valence-corrected chi connectivity index (χ3v) is 3.10. The summed E-state index contributed by atoms with van der Waals surface area (Å²) in [4.78, 5) is 35.0. The number of nitrogens with zero attached hydrogens (tertiary/aromatic N) is 1. The maximum Gasteiger partial charge on any atom is 0.293 e. The standard InChI is InChI=1S/C16H18N2O4/c1-16(2,10-19)8-11(9-17)14(20)15(21)18-12-6-4-5-7-13(12)22-3/h4-7,10-11H,8H2,1-3H3,(H,18,21). The molecular weight excluding hydrogens is 284 g/mol. The lowest BCUT2D eigenvalue weighted by molar-refractivity contribution is -0.137. The molecule has 0 spiro atoms. The van der Waals surface area contributed by atoms with Crippen LogP contribution in [0, 0.1) is 22.7 Å². The topological polar surface area (TPSA) is 96.3 Å². The zero-order valence-electron chi connectivity index (χ0n) is 12.8. The van der Waals surface area contributed by atoms with Crippen LogP contribution in [0.1, 0.15) is 20.3 Å². The number of methoxy groups -OCH3 is 1. The van der Waals surface area contributed by atoms with Crippen LogP contribution >= 0.6 is 0 Å². The number of aldehydes is 1. The first kappa shape index (κ1) is 17.4. The van der Waals surface area contributed by atoms with Gasteiger partial charge in [-0.3, -0.25) is 9.59 Å².